The van der Waals surface area contributed by atoms with Crippen LogP contribution in [0.5, 0.6) is 0 Å². The van der Waals surface area contributed by atoms with Gasteiger partial charge >= 0.3 is 0 Å². The topological polar surface area (TPSA) is 77.6 Å². The minimum Gasteiger partial charge on any atom is -0.350 e. The quantitative estimate of drug-likeness (QED) is 0.664. The lowest BCUT2D eigenvalue weighted by Gasteiger charge is -2.60. The van der Waals surface area contributed by atoms with Crippen LogP contribution in [0.3, 0.4) is 0 Å². The van der Waals surface area contributed by atoms with Crippen LogP contribution in [-0.4, -0.2) is 30.5 Å². The number of aryl methyl sites for hydroxylation is 1. The van der Waals surface area contributed by atoms with Gasteiger partial charge in [-0.15, -0.1) is 5.10 Å². The Bertz CT molecular complexity index is 907. The van der Waals surface area contributed by atoms with E-state index >= 15 is 0 Å². The molecule has 4 bridgehead atoms. The molecule has 0 spiro atoms. The molecule has 150 valence electrons. The van der Waals surface area contributed by atoms with E-state index in [-0.39, 0.29) is 16.9 Å². The summed E-state index contributed by atoms with van der Waals surface area (Å²) in [5, 5.41) is 12.3. The molecule has 0 aliphatic heterocycles. The van der Waals surface area contributed by atoms with Gasteiger partial charge in [-0.1, -0.05) is 0 Å². The number of aromatic nitrogens is 5. The second-order valence-electron chi connectivity index (χ2n) is 8.89. The molecule has 7 nitrogen and oxygen atoms in total. The van der Waals surface area contributed by atoms with Gasteiger partial charge in [-0.2, -0.15) is 5.10 Å². The average molecular weight is 512 g/mol. The summed E-state index contributed by atoms with van der Waals surface area (Å²) in [6.45, 7) is 3.33. The molecule has 9 heteroatoms. The van der Waals surface area contributed by atoms with Crippen molar-refractivity contribution in [3.05, 3.63) is 27.4 Å². The second-order valence-corrected chi connectivity index (χ2v) is 10.4. The summed E-state index contributed by atoms with van der Waals surface area (Å²) >= 11 is 6.94. The zero-order chi connectivity index (χ0) is 19.5. The zero-order valence-corrected chi connectivity index (χ0v) is 19.0. The first-order chi connectivity index (χ1) is 13.4. The average Bonchev–Trinajstić information content (AvgIpc) is 3.24. The standard InChI is InChI=1S/C19H24Br2N6O/c1-2-26-9-14(20)15(24-26)8-22-16(28)18-4-12-3-13(5-18)7-19(6-12,10-18)27-11-23-17(21)25-27/h9,11-13H,2-8,10H2,1H3,(H,22,28). The van der Waals surface area contributed by atoms with Gasteiger partial charge in [-0.3, -0.25) is 9.48 Å². The van der Waals surface area contributed by atoms with Crippen LogP contribution in [0.4, 0.5) is 0 Å². The van der Waals surface area contributed by atoms with Gasteiger partial charge in [0.25, 0.3) is 0 Å². The molecule has 1 N–H and O–H groups in total. The molecule has 28 heavy (non-hydrogen) atoms. The minimum absolute atomic E-state index is 0.0647. The van der Waals surface area contributed by atoms with Crippen molar-refractivity contribution in [2.24, 2.45) is 17.3 Å². The van der Waals surface area contributed by atoms with Crippen molar-refractivity contribution in [2.45, 2.75) is 64.1 Å². The molecule has 2 atom stereocenters. The highest BCUT2D eigenvalue weighted by Gasteiger charge is 2.61. The Kier molecular flexibility index (Phi) is 4.46. The summed E-state index contributed by atoms with van der Waals surface area (Å²) in [6.07, 6.45) is 10.1. The van der Waals surface area contributed by atoms with Gasteiger partial charge in [0.1, 0.15) is 6.33 Å². The number of halogens is 2. The van der Waals surface area contributed by atoms with Gasteiger partial charge in [0, 0.05) is 12.7 Å². The Balaban J connectivity index is 1.38. The Hall–Kier alpha value is -1.22. The van der Waals surface area contributed by atoms with Gasteiger partial charge in [0.05, 0.1) is 27.7 Å². The van der Waals surface area contributed by atoms with E-state index in [2.05, 4.69) is 59.3 Å². The fourth-order valence-electron chi connectivity index (χ4n) is 6.29. The molecule has 2 unspecified atom stereocenters. The number of hydrogen-bond donors (Lipinski definition) is 1. The largest absolute Gasteiger partial charge is 0.350 e. The van der Waals surface area contributed by atoms with Crippen molar-refractivity contribution in [3.63, 3.8) is 0 Å². The number of rotatable bonds is 5. The van der Waals surface area contributed by atoms with Crippen LogP contribution in [0.2, 0.25) is 0 Å². The van der Waals surface area contributed by atoms with E-state index in [4.69, 9.17) is 0 Å². The highest BCUT2D eigenvalue weighted by atomic mass is 79.9. The molecule has 0 saturated heterocycles. The highest BCUT2D eigenvalue weighted by molar-refractivity contribution is 9.10. The zero-order valence-electron chi connectivity index (χ0n) is 15.9. The van der Waals surface area contributed by atoms with Crippen LogP contribution >= 0.6 is 31.9 Å². The Morgan fingerprint density at radius 2 is 2.00 bits per heavy atom. The third kappa shape index (κ3) is 2.96. The number of amides is 1. The van der Waals surface area contributed by atoms with Gasteiger partial charge in [-0.25, -0.2) is 9.67 Å². The number of nitrogens with zero attached hydrogens (tertiary/aromatic N) is 5. The van der Waals surface area contributed by atoms with Crippen LogP contribution in [-0.2, 0) is 23.4 Å². The van der Waals surface area contributed by atoms with Crippen molar-refractivity contribution >= 4 is 37.8 Å². The lowest BCUT2D eigenvalue weighted by Crippen LogP contribution is -2.61. The lowest BCUT2D eigenvalue weighted by molar-refractivity contribution is -0.156. The van der Waals surface area contributed by atoms with Crippen molar-refractivity contribution in [1.82, 2.24) is 29.9 Å². The maximum absolute atomic E-state index is 13.4. The van der Waals surface area contributed by atoms with Gasteiger partial charge in [-0.05, 0) is 89.1 Å². The maximum atomic E-state index is 13.4. The van der Waals surface area contributed by atoms with Crippen LogP contribution < -0.4 is 5.32 Å². The summed E-state index contributed by atoms with van der Waals surface area (Å²) in [5.74, 6) is 1.38. The lowest BCUT2D eigenvalue weighted by atomic mass is 9.46. The first-order valence-electron chi connectivity index (χ1n) is 9.99. The minimum atomic E-state index is -0.289. The summed E-state index contributed by atoms with van der Waals surface area (Å²) < 4.78 is 5.49. The fourth-order valence-corrected chi connectivity index (χ4v) is 7.01. The van der Waals surface area contributed by atoms with E-state index in [0.29, 0.717) is 23.1 Å². The monoisotopic (exact) mass is 510 g/mol. The Labute approximate surface area is 180 Å². The summed E-state index contributed by atoms with van der Waals surface area (Å²) in [4.78, 5) is 17.7. The van der Waals surface area contributed by atoms with Crippen LogP contribution in [0.1, 0.15) is 51.1 Å². The van der Waals surface area contributed by atoms with Crippen LogP contribution in [0, 0.1) is 17.3 Å². The van der Waals surface area contributed by atoms with E-state index in [1.165, 1.54) is 6.42 Å². The number of nitrogens with one attached hydrogen (secondary N) is 1. The van der Waals surface area contributed by atoms with E-state index in [1.807, 2.05) is 21.9 Å². The predicted molar refractivity (Wildman–Crippen MR) is 110 cm³/mol. The summed E-state index contributed by atoms with van der Waals surface area (Å²) in [5.41, 5.74) is 0.530. The normalized spacial score (nSPS) is 33.4. The smallest absolute Gasteiger partial charge is 0.226 e. The maximum Gasteiger partial charge on any atom is 0.226 e. The van der Waals surface area contributed by atoms with E-state index < -0.39 is 0 Å². The van der Waals surface area contributed by atoms with Crippen molar-refractivity contribution < 1.29 is 4.79 Å². The van der Waals surface area contributed by atoms with E-state index in [9.17, 15) is 4.79 Å². The molecule has 4 fully saturated rings. The van der Waals surface area contributed by atoms with Crippen molar-refractivity contribution in [2.75, 3.05) is 0 Å². The van der Waals surface area contributed by atoms with Gasteiger partial charge in [0.15, 0.2) is 0 Å². The molecule has 2 heterocycles. The number of carbonyl (C=O) groups is 1. The van der Waals surface area contributed by atoms with Crippen LogP contribution in [0.25, 0.3) is 0 Å². The molecule has 4 aliphatic rings. The first kappa shape index (κ1) is 18.8. The third-order valence-corrected chi connectivity index (χ3v) is 8.02. The van der Waals surface area contributed by atoms with Gasteiger partial charge in [0.2, 0.25) is 10.6 Å². The number of carbonyl (C=O) groups excluding carboxylic acids is 1. The Morgan fingerprint density at radius 3 is 2.61 bits per heavy atom. The molecule has 4 aliphatic carbocycles. The Morgan fingerprint density at radius 1 is 1.25 bits per heavy atom. The molecular weight excluding hydrogens is 488 g/mol. The van der Waals surface area contributed by atoms with E-state index in [1.54, 1.807) is 0 Å². The first-order valence-corrected chi connectivity index (χ1v) is 11.6. The summed E-state index contributed by atoms with van der Waals surface area (Å²) in [6, 6.07) is 0. The molecule has 6 rings (SSSR count). The molecule has 2 aromatic heterocycles. The molecule has 0 aromatic carbocycles. The SMILES string of the molecule is CCn1cc(Br)c(CNC(=O)C23CC4CC(C2)CC(n2cnc(Br)n2)(C4)C3)n1. The molecule has 0 radical (unpaired) electrons. The molecule has 4 saturated carbocycles. The van der Waals surface area contributed by atoms with E-state index in [0.717, 1.165) is 48.8 Å². The second kappa shape index (κ2) is 6.65. The highest BCUT2D eigenvalue weighted by Crippen LogP contribution is 2.64. The van der Waals surface area contributed by atoms with Crippen molar-refractivity contribution in [1.29, 1.82) is 0 Å². The number of hydrogen-bond acceptors (Lipinski definition) is 4. The summed E-state index contributed by atoms with van der Waals surface area (Å²) in [7, 11) is 0. The predicted octanol–water partition coefficient (Wildman–Crippen LogP) is 3.63. The fraction of sp³-hybridized carbons (Fsp3) is 0.684. The molecule has 1 amide bonds. The van der Waals surface area contributed by atoms with Crippen LogP contribution in [0.15, 0.2) is 21.7 Å². The molecule has 2 aromatic rings. The molecular formula is C19H24Br2N6O. The van der Waals surface area contributed by atoms with Gasteiger partial charge < -0.3 is 5.32 Å². The third-order valence-electron chi connectivity index (χ3n) is 6.99. The van der Waals surface area contributed by atoms with Crippen molar-refractivity contribution in [3.8, 4) is 0 Å².